The van der Waals surface area contributed by atoms with Crippen LogP contribution in [0.3, 0.4) is 0 Å². The lowest BCUT2D eigenvalue weighted by Crippen LogP contribution is -2.28. The molecule has 0 amide bonds. The molecule has 0 rings (SSSR count). The van der Waals surface area contributed by atoms with E-state index in [4.69, 9.17) is 4.65 Å². The largest absolute Gasteiger partial charge is 0.443 e. The van der Waals surface area contributed by atoms with E-state index in [1.54, 1.807) is 13.8 Å². The Morgan fingerprint density at radius 1 is 1.71 bits per heavy atom. The van der Waals surface area contributed by atoms with Crippen LogP contribution in [0, 0.1) is 0 Å². The van der Waals surface area contributed by atoms with Gasteiger partial charge in [-0.1, -0.05) is 0 Å². The Kier molecular flexibility index (Phi) is 2.37. The van der Waals surface area contributed by atoms with Gasteiger partial charge in [0, 0.05) is 0 Å². The highest BCUT2D eigenvalue weighted by atomic mass is 19.1. The highest BCUT2D eigenvalue weighted by molar-refractivity contribution is 6.31. The molecule has 0 aliphatic rings. The van der Waals surface area contributed by atoms with E-state index in [-0.39, 0.29) is 0 Å². The van der Waals surface area contributed by atoms with Gasteiger partial charge in [0.05, 0.1) is 5.50 Å². The summed E-state index contributed by atoms with van der Waals surface area (Å²) < 4.78 is 16.4. The molecule has 0 N–H and O–H groups in total. The van der Waals surface area contributed by atoms with Crippen LogP contribution in [0.5, 0.6) is 0 Å². The van der Waals surface area contributed by atoms with Crippen molar-refractivity contribution in [3.63, 3.8) is 0 Å². The van der Waals surface area contributed by atoms with Crippen molar-refractivity contribution in [2.24, 2.45) is 0 Å². The second kappa shape index (κ2) is 2.36. The molecule has 0 heterocycles. The molecule has 0 radical (unpaired) electrons. The zero-order valence-electron chi connectivity index (χ0n) is 4.99. The average molecular weight is 102 g/mol. The minimum atomic E-state index is -0.583. The van der Waals surface area contributed by atoms with Crippen molar-refractivity contribution in [2.75, 3.05) is 0 Å². The quantitative estimate of drug-likeness (QED) is 0.431. The van der Waals surface area contributed by atoms with Gasteiger partial charge in [0.25, 0.3) is 8.05 Å². The van der Waals surface area contributed by atoms with Crippen molar-refractivity contribution < 1.29 is 8.97 Å². The SMILES string of the molecule is BOC(C)(C)BF. The second-order valence-electron chi connectivity index (χ2n) is 2.10. The summed E-state index contributed by atoms with van der Waals surface area (Å²) in [6, 6.07) is 0. The molecule has 0 saturated heterocycles. The molecular formula is C3H9B2FO. The first-order valence-corrected chi connectivity index (χ1v) is 2.23. The summed E-state index contributed by atoms with van der Waals surface area (Å²) in [5.41, 5.74) is -0.583. The summed E-state index contributed by atoms with van der Waals surface area (Å²) in [6.07, 6.45) is 0. The van der Waals surface area contributed by atoms with Gasteiger partial charge < -0.3 is 8.97 Å². The van der Waals surface area contributed by atoms with Crippen molar-refractivity contribution in [3.8, 4) is 0 Å². The summed E-state index contributed by atoms with van der Waals surface area (Å²) >= 11 is 0. The molecule has 0 spiro atoms. The standard InChI is InChI=1S/C3H9B2FO/c1-3(2,5-6)7-4/h5H,4H2,1-2H3. The summed E-state index contributed by atoms with van der Waals surface area (Å²) in [6.45, 7) is 3.40. The smallest absolute Gasteiger partial charge is 0.361 e. The zero-order valence-corrected chi connectivity index (χ0v) is 4.99. The van der Waals surface area contributed by atoms with Crippen molar-refractivity contribution in [2.45, 2.75) is 19.3 Å². The third-order valence-corrected chi connectivity index (χ3v) is 0.874. The van der Waals surface area contributed by atoms with Gasteiger partial charge in [-0.15, -0.1) is 0 Å². The molecule has 0 aliphatic heterocycles. The van der Waals surface area contributed by atoms with Gasteiger partial charge in [0.15, 0.2) is 0 Å². The molecule has 0 aliphatic carbocycles. The normalized spacial score (nSPS) is 11.3. The van der Waals surface area contributed by atoms with Crippen LogP contribution in [0.1, 0.15) is 13.8 Å². The van der Waals surface area contributed by atoms with Gasteiger partial charge in [-0.2, -0.15) is 0 Å². The molecule has 0 atom stereocenters. The van der Waals surface area contributed by atoms with Crippen LogP contribution < -0.4 is 0 Å². The van der Waals surface area contributed by atoms with Gasteiger partial charge in [-0.25, -0.2) is 0 Å². The highest BCUT2D eigenvalue weighted by Gasteiger charge is 2.16. The number of hydrogen-bond donors (Lipinski definition) is 0. The van der Waals surface area contributed by atoms with E-state index in [1.165, 1.54) is 8.05 Å². The molecule has 0 unspecified atom stereocenters. The Hall–Kier alpha value is 0.0199. The van der Waals surface area contributed by atoms with Crippen LogP contribution in [0.2, 0.25) is 0 Å². The Morgan fingerprint density at radius 2 is 2.14 bits per heavy atom. The molecule has 40 valence electrons. The predicted molar refractivity (Wildman–Crippen MR) is 32.0 cm³/mol. The topological polar surface area (TPSA) is 9.23 Å². The summed E-state index contributed by atoms with van der Waals surface area (Å²) in [7, 11) is 1.07. The molecule has 7 heavy (non-hydrogen) atoms. The third-order valence-electron chi connectivity index (χ3n) is 0.874. The average Bonchev–Trinajstić information content (AvgIpc) is 1.68. The lowest BCUT2D eigenvalue weighted by molar-refractivity contribution is 0.206. The van der Waals surface area contributed by atoms with Gasteiger partial charge in [0.1, 0.15) is 0 Å². The van der Waals surface area contributed by atoms with Crippen LogP contribution in [0.15, 0.2) is 0 Å². The maximum absolute atomic E-state index is 11.6. The molecule has 1 nitrogen and oxygen atoms in total. The fraction of sp³-hybridized carbons (Fsp3) is 1.00. The summed E-state index contributed by atoms with van der Waals surface area (Å²) in [4.78, 5) is 0. The van der Waals surface area contributed by atoms with Crippen LogP contribution in [0.25, 0.3) is 0 Å². The van der Waals surface area contributed by atoms with E-state index in [2.05, 4.69) is 0 Å². The van der Waals surface area contributed by atoms with Gasteiger partial charge >= 0.3 is 7.56 Å². The Bertz CT molecular complexity index is 50.9. The van der Waals surface area contributed by atoms with Crippen LogP contribution in [-0.4, -0.2) is 21.1 Å². The first kappa shape index (κ1) is 7.02. The molecule has 4 heteroatoms. The van der Waals surface area contributed by atoms with Crippen LogP contribution in [0.4, 0.5) is 4.32 Å². The Balaban J connectivity index is 3.36. The van der Waals surface area contributed by atoms with E-state index in [1.807, 2.05) is 0 Å². The molecule has 0 saturated carbocycles. The summed E-state index contributed by atoms with van der Waals surface area (Å²) in [5.74, 6) is 0. The third kappa shape index (κ3) is 2.68. The highest BCUT2D eigenvalue weighted by Crippen LogP contribution is 2.02. The molecule has 0 fully saturated rings. The minimum Gasteiger partial charge on any atom is -0.443 e. The lowest BCUT2D eigenvalue weighted by atomic mass is 9.80. The maximum atomic E-state index is 11.6. The van der Waals surface area contributed by atoms with Crippen molar-refractivity contribution in [1.82, 2.24) is 0 Å². The van der Waals surface area contributed by atoms with Gasteiger partial charge in [-0.05, 0) is 13.8 Å². The van der Waals surface area contributed by atoms with E-state index in [9.17, 15) is 4.32 Å². The van der Waals surface area contributed by atoms with Gasteiger partial charge in [0.2, 0.25) is 0 Å². The first-order valence-electron chi connectivity index (χ1n) is 2.23. The Morgan fingerprint density at radius 3 is 2.14 bits per heavy atom. The number of hydrogen-bond acceptors (Lipinski definition) is 1. The number of halogens is 1. The van der Waals surface area contributed by atoms with Crippen molar-refractivity contribution in [1.29, 1.82) is 0 Å². The maximum Gasteiger partial charge on any atom is 0.361 e. The fourth-order valence-corrected chi connectivity index (χ4v) is 0.0546. The minimum absolute atomic E-state index is 0.427. The van der Waals surface area contributed by atoms with E-state index < -0.39 is 13.1 Å². The van der Waals surface area contributed by atoms with Crippen LogP contribution in [-0.2, 0) is 4.65 Å². The number of rotatable bonds is 2. The first-order chi connectivity index (χ1) is 3.12. The van der Waals surface area contributed by atoms with E-state index in [0.29, 0.717) is 0 Å². The zero-order chi connectivity index (χ0) is 5.91. The molecular weight excluding hydrogens is 92.7 g/mol. The monoisotopic (exact) mass is 102 g/mol. The van der Waals surface area contributed by atoms with Crippen molar-refractivity contribution >= 4 is 15.6 Å². The molecule has 0 bridgehead atoms. The fourth-order valence-electron chi connectivity index (χ4n) is 0.0546. The second-order valence-corrected chi connectivity index (χ2v) is 2.10. The van der Waals surface area contributed by atoms with Crippen molar-refractivity contribution in [3.05, 3.63) is 0 Å². The molecule has 0 aromatic carbocycles. The van der Waals surface area contributed by atoms with E-state index >= 15 is 0 Å². The molecule has 0 aromatic rings. The predicted octanol–water partition coefficient (Wildman–Crippen LogP) is -0.392. The Labute approximate surface area is 45.0 Å². The molecule has 0 aromatic heterocycles. The lowest BCUT2D eigenvalue weighted by Gasteiger charge is -2.16. The summed E-state index contributed by atoms with van der Waals surface area (Å²) in [5, 5.41) is 0. The van der Waals surface area contributed by atoms with E-state index in [0.717, 1.165) is 0 Å². The van der Waals surface area contributed by atoms with Gasteiger partial charge in [-0.3, -0.25) is 0 Å². The van der Waals surface area contributed by atoms with Crippen LogP contribution >= 0.6 is 0 Å².